The monoisotopic (exact) mass is 395 g/mol. The number of nitrogens with zero attached hydrogens (tertiary/aromatic N) is 2. The molecule has 0 saturated heterocycles. The van der Waals surface area contributed by atoms with Crippen molar-refractivity contribution >= 4 is 28.3 Å². The van der Waals surface area contributed by atoms with Crippen LogP contribution >= 0.6 is 11.3 Å². The molecule has 2 rings (SSSR count). The van der Waals surface area contributed by atoms with Crippen molar-refractivity contribution < 1.29 is 29.3 Å². The first-order chi connectivity index (χ1) is 12.8. The van der Waals surface area contributed by atoms with Gasteiger partial charge in [-0.25, -0.2) is 4.98 Å². The van der Waals surface area contributed by atoms with E-state index < -0.39 is 18.0 Å². The van der Waals surface area contributed by atoms with Gasteiger partial charge in [-0.05, 0) is 20.8 Å². The maximum atomic E-state index is 12.5. The molecular weight excluding hydrogens is 374 g/mol. The Kier molecular flexibility index (Phi) is 7.08. The number of aliphatic hydroxyl groups excluding tert-OH is 1. The quantitative estimate of drug-likeness (QED) is 0.587. The van der Waals surface area contributed by atoms with Crippen LogP contribution in [0.2, 0.25) is 0 Å². The number of aliphatic carboxylic acids is 1. The van der Waals surface area contributed by atoms with Crippen molar-refractivity contribution in [3.8, 4) is 11.8 Å². The highest BCUT2D eigenvalue weighted by molar-refractivity contribution is 7.14. The largest absolute Gasteiger partial charge is 0.481 e. The Labute approximate surface area is 160 Å². The van der Waals surface area contributed by atoms with Crippen molar-refractivity contribution in [2.24, 2.45) is 0 Å². The van der Waals surface area contributed by atoms with Crippen LogP contribution in [0.5, 0.6) is 11.8 Å². The van der Waals surface area contributed by atoms with Crippen molar-refractivity contribution in [2.75, 3.05) is 11.9 Å². The summed E-state index contributed by atoms with van der Waals surface area (Å²) in [6.45, 7) is 5.11. The molecule has 1 amide bonds. The topological polar surface area (TPSA) is 131 Å². The number of pyridine rings is 1. The molecule has 1 atom stereocenters. The van der Waals surface area contributed by atoms with Gasteiger partial charge in [-0.2, -0.15) is 4.98 Å². The lowest BCUT2D eigenvalue weighted by Gasteiger charge is -2.15. The van der Waals surface area contributed by atoms with Crippen molar-refractivity contribution in [2.45, 2.75) is 39.4 Å². The minimum atomic E-state index is -0.998. The Hall–Kier alpha value is -2.72. The van der Waals surface area contributed by atoms with Gasteiger partial charge < -0.3 is 19.7 Å². The molecule has 0 bridgehead atoms. The maximum Gasteiger partial charge on any atom is 0.309 e. The molecule has 0 saturated carbocycles. The van der Waals surface area contributed by atoms with E-state index in [1.165, 1.54) is 12.1 Å². The van der Waals surface area contributed by atoms with Gasteiger partial charge >= 0.3 is 5.97 Å². The molecule has 146 valence electrons. The fourth-order valence-corrected chi connectivity index (χ4v) is 2.69. The third-order valence-electron chi connectivity index (χ3n) is 3.08. The third-order valence-corrected chi connectivity index (χ3v) is 3.89. The predicted octanol–water partition coefficient (Wildman–Crippen LogP) is 1.96. The second-order valence-electron chi connectivity index (χ2n) is 5.98. The molecule has 0 fully saturated rings. The van der Waals surface area contributed by atoms with E-state index in [9.17, 15) is 9.59 Å². The van der Waals surface area contributed by atoms with E-state index in [4.69, 9.17) is 19.7 Å². The molecule has 9 nitrogen and oxygen atoms in total. The number of anilines is 1. The standard InChI is InChI=1S/C17H21N3O6S/c1-9(2)25-13-4-11(5-14(19-13)26-10(3)7-21)16(24)20-17-18-12(8-27-17)6-15(22)23/h4-5,8-10,21H,6-7H2,1-3H3,(H,22,23)(H,18,20,24)/t10-/m1/s1. The van der Waals surface area contributed by atoms with Gasteiger partial charge in [-0.1, -0.05) is 0 Å². The first-order valence-electron chi connectivity index (χ1n) is 8.20. The smallest absolute Gasteiger partial charge is 0.309 e. The lowest BCUT2D eigenvalue weighted by Crippen LogP contribution is -2.19. The molecule has 0 aliphatic carbocycles. The number of carbonyl (C=O) groups is 2. The minimum absolute atomic E-state index is 0.144. The van der Waals surface area contributed by atoms with E-state index in [0.29, 0.717) is 5.69 Å². The highest BCUT2D eigenvalue weighted by Crippen LogP contribution is 2.22. The molecule has 0 unspecified atom stereocenters. The van der Waals surface area contributed by atoms with Crippen LogP contribution in [0.3, 0.4) is 0 Å². The molecular formula is C17H21N3O6S. The Balaban J connectivity index is 2.20. The Morgan fingerprint density at radius 2 is 1.85 bits per heavy atom. The van der Waals surface area contributed by atoms with E-state index in [0.717, 1.165) is 11.3 Å². The van der Waals surface area contributed by atoms with Gasteiger partial charge in [0.05, 0.1) is 30.4 Å². The molecule has 10 heteroatoms. The minimum Gasteiger partial charge on any atom is -0.481 e. The van der Waals surface area contributed by atoms with Crippen molar-refractivity contribution in [1.82, 2.24) is 9.97 Å². The highest BCUT2D eigenvalue weighted by Gasteiger charge is 2.16. The number of carboxylic acids is 1. The van der Waals surface area contributed by atoms with E-state index in [2.05, 4.69) is 15.3 Å². The summed E-state index contributed by atoms with van der Waals surface area (Å²) in [5.74, 6) is -1.11. The number of aromatic nitrogens is 2. The van der Waals surface area contributed by atoms with Crippen molar-refractivity contribution in [3.63, 3.8) is 0 Å². The SMILES string of the molecule is CC(C)Oc1cc(C(=O)Nc2nc(CC(=O)O)cs2)cc(O[C@H](C)CO)n1. The summed E-state index contributed by atoms with van der Waals surface area (Å²) in [5, 5.41) is 22.4. The summed E-state index contributed by atoms with van der Waals surface area (Å²) in [6.07, 6.45) is -0.873. The molecule has 0 radical (unpaired) electrons. The van der Waals surface area contributed by atoms with Crippen LogP contribution in [0.4, 0.5) is 5.13 Å². The first kappa shape index (κ1) is 20.6. The lowest BCUT2D eigenvalue weighted by atomic mass is 10.2. The molecule has 2 heterocycles. The van der Waals surface area contributed by atoms with Crippen LogP contribution in [0.25, 0.3) is 0 Å². The lowest BCUT2D eigenvalue weighted by molar-refractivity contribution is -0.136. The summed E-state index contributed by atoms with van der Waals surface area (Å²) < 4.78 is 11.0. The summed E-state index contributed by atoms with van der Waals surface area (Å²) in [6, 6.07) is 2.90. The average molecular weight is 395 g/mol. The summed E-state index contributed by atoms with van der Waals surface area (Å²) in [7, 11) is 0. The van der Waals surface area contributed by atoms with Gasteiger partial charge in [0.1, 0.15) is 6.10 Å². The second-order valence-corrected chi connectivity index (χ2v) is 6.84. The third kappa shape index (κ3) is 6.50. The number of hydrogen-bond acceptors (Lipinski definition) is 8. The fraction of sp³-hybridized carbons (Fsp3) is 0.412. The normalized spacial score (nSPS) is 11.9. The van der Waals surface area contributed by atoms with E-state index in [1.807, 2.05) is 13.8 Å². The molecule has 2 aromatic rings. The number of carbonyl (C=O) groups excluding carboxylic acids is 1. The van der Waals surface area contributed by atoms with Crippen molar-refractivity contribution in [1.29, 1.82) is 0 Å². The molecule has 27 heavy (non-hydrogen) atoms. The van der Waals surface area contributed by atoms with Crippen molar-refractivity contribution in [3.05, 3.63) is 28.8 Å². The number of rotatable bonds is 9. The van der Waals surface area contributed by atoms with Gasteiger partial charge in [0, 0.05) is 17.5 Å². The van der Waals surface area contributed by atoms with Gasteiger partial charge in [-0.3, -0.25) is 14.9 Å². The zero-order valence-corrected chi connectivity index (χ0v) is 15.9. The maximum absolute atomic E-state index is 12.5. The Morgan fingerprint density at radius 3 is 2.44 bits per heavy atom. The first-order valence-corrected chi connectivity index (χ1v) is 9.08. The van der Waals surface area contributed by atoms with Gasteiger partial charge in [0.2, 0.25) is 11.8 Å². The van der Waals surface area contributed by atoms with Gasteiger partial charge in [0.25, 0.3) is 5.91 Å². The predicted molar refractivity (Wildman–Crippen MR) is 98.6 cm³/mol. The van der Waals surface area contributed by atoms with Crippen LogP contribution in [-0.2, 0) is 11.2 Å². The zero-order valence-electron chi connectivity index (χ0n) is 15.1. The molecule has 2 aromatic heterocycles. The summed E-state index contributed by atoms with van der Waals surface area (Å²) >= 11 is 1.13. The molecule has 0 spiro atoms. The van der Waals surface area contributed by atoms with Crippen LogP contribution in [-0.4, -0.2) is 50.9 Å². The summed E-state index contributed by atoms with van der Waals surface area (Å²) in [4.78, 5) is 31.5. The Bertz CT molecular complexity index is 808. The average Bonchev–Trinajstić information content (AvgIpc) is 2.99. The van der Waals surface area contributed by atoms with E-state index >= 15 is 0 Å². The molecule has 0 aliphatic rings. The van der Waals surface area contributed by atoms with Crippen LogP contribution in [0.15, 0.2) is 17.5 Å². The zero-order chi connectivity index (χ0) is 20.0. The van der Waals surface area contributed by atoms with Gasteiger partial charge in [-0.15, -0.1) is 11.3 Å². The molecule has 0 aromatic carbocycles. The van der Waals surface area contributed by atoms with Gasteiger partial charge in [0.15, 0.2) is 5.13 Å². The number of nitrogens with one attached hydrogen (secondary N) is 1. The fourth-order valence-electron chi connectivity index (χ4n) is 1.99. The Morgan fingerprint density at radius 1 is 1.19 bits per heavy atom. The number of thiazole rings is 1. The van der Waals surface area contributed by atoms with Crippen LogP contribution in [0.1, 0.15) is 36.8 Å². The number of amides is 1. The van der Waals surface area contributed by atoms with E-state index in [-0.39, 0.29) is 41.6 Å². The second kappa shape index (κ2) is 9.28. The van der Waals surface area contributed by atoms with E-state index in [1.54, 1.807) is 12.3 Å². The number of hydrogen-bond donors (Lipinski definition) is 3. The molecule has 3 N–H and O–H groups in total. The van der Waals surface area contributed by atoms with Crippen LogP contribution < -0.4 is 14.8 Å². The highest BCUT2D eigenvalue weighted by atomic mass is 32.1. The van der Waals surface area contributed by atoms with Crippen LogP contribution in [0, 0.1) is 0 Å². The summed E-state index contributed by atoms with van der Waals surface area (Å²) in [5.41, 5.74) is 0.595. The number of ether oxygens (including phenoxy) is 2. The number of carboxylic acid groups (broad SMARTS) is 1. The number of aliphatic hydroxyl groups is 1. The molecule has 0 aliphatic heterocycles.